The Hall–Kier alpha value is -5.49. The van der Waals surface area contributed by atoms with Crippen LogP contribution < -0.4 is 10.6 Å². The van der Waals surface area contributed by atoms with Crippen LogP contribution in [0.15, 0.2) is 152 Å². The Balaban J connectivity index is 1.25. The Kier molecular flexibility index (Phi) is 9.95. The van der Waals surface area contributed by atoms with Crippen LogP contribution >= 0.6 is 0 Å². The molecule has 0 atom stereocenters. The maximum absolute atomic E-state index is 14.2. The van der Waals surface area contributed by atoms with E-state index in [4.69, 9.17) is 4.74 Å². The highest BCUT2D eigenvalue weighted by atomic mass is 16.5. The second-order valence-corrected chi connectivity index (χ2v) is 10.4. The molecule has 44 heavy (non-hydrogen) atoms. The van der Waals surface area contributed by atoms with E-state index in [-0.39, 0.29) is 31.5 Å². The summed E-state index contributed by atoms with van der Waals surface area (Å²) in [5.41, 5.74) is 3.15. The van der Waals surface area contributed by atoms with Gasteiger partial charge in [0.1, 0.15) is 18.6 Å². The molecule has 0 unspecified atom stereocenters. The van der Waals surface area contributed by atoms with Crippen molar-refractivity contribution in [1.82, 2.24) is 10.6 Å². The predicted octanol–water partition coefficient (Wildman–Crippen LogP) is 5.63. The number of carbonyl (C=O) groups is 3. The van der Waals surface area contributed by atoms with Crippen molar-refractivity contribution < 1.29 is 19.1 Å². The number of carbonyl (C=O) groups excluding carboxylic acids is 3. The van der Waals surface area contributed by atoms with Crippen molar-refractivity contribution >= 4 is 17.8 Å². The van der Waals surface area contributed by atoms with Crippen LogP contribution in [0.1, 0.15) is 33.7 Å². The van der Waals surface area contributed by atoms with E-state index in [1.165, 1.54) is 0 Å². The number of esters is 1. The van der Waals surface area contributed by atoms with Crippen molar-refractivity contribution in [2.75, 3.05) is 19.7 Å². The zero-order valence-corrected chi connectivity index (χ0v) is 24.3. The van der Waals surface area contributed by atoms with E-state index in [1.807, 2.05) is 152 Å². The van der Waals surface area contributed by atoms with Gasteiger partial charge in [-0.05, 0) is 27.8 Å². The van der Waals surface area contributed by atoms with Gasteiger partial charge in [-0.15, -0.1) is 0 Å². The Morgan fingerprint density at radius 2 is 0.909 bits per heavy atom. The molecule has 0 bridgehead atoms. The lowest BCUT2D eigenvalue weighted by atomic mass is 9.68. The van der Waals surface area contributed by atoms with Crippen LogP contribution in [0.2, 0.25) is 0 Å². The molecular weight excluding hydrogens is 548 g/mol. The third kappa shape index (κ3) is 6.93. The molecule has 2 amide bonds. The van der Waals surface area contributed by atoms with Gasteiger partial charge in [-0.3, -0.25) is 14.4 Å². The zero-order chi connectivity index (χ0) is 30.6. The highest BCUT2D eigenvalue weighted by Gasteiger charge is 2.43. The minimum atomic E-state index is -1.20. The molecule has 0 aliphatic rings. The van der Waals surface area contributed by atoms with Gasteiger partial charge in [0.15, 0.2) is 0 Å². The van der Waals surface area contributed by atoms with E-state index >= 15 is 0 Å². The summed E-state index contributed by atoms with van der Waals surface area (Å²) in [5.74, 6) is -1.55. The molecule has 0 heterocycles. The molecule has 6 nitrogen and oxygen atoms in total. The molecular formula is C38H34N2O4. The number of rotatable bonds is 12. The van der Waals surface area contributed by atoms with Crippen molar-refractivity contribution in [2.45, 2.75) is 11.3 Å². The lowest BCUT2D eigenvalue weighted by molar-refractivity contribution is -0.144. The summed E-state index contributed by atoms with van der Waals surface area (Å²) >= 11 is 0. The second-order valence-electron chi connectivity index (χ2n) is 10.4. The first-order valence-corrected chi connectivity index (χ1v) is 14.6. The van der Waals surface area contributed by atoms with Crippen molar-refractivity contribution in [3.8, 4) is 0 Å². The first-order chi connectivity index (χ1) is 21.6. The van der Waals surface area contributed by atoms with Gasteiger partial charge in [-0.25, -0.2) is 0 Å². The number of benzene rings is 5. The Labute approximate surface area is 257 Å². The number of hydrogen-bond acceptors (Lipinski definition) is 4. The van der Waals surface area contributed by atoms with Gasteiger partial charge in [-0.2, -0.15) is 0 Å². The van der Waals surface area contributed by atoms with E-state index < -0.39 is 17.3 Å². The number of ether oxygens (including phenoxy) is 1. The molecule has 5 aromatic carbocycles. The molecule has 6 heteroatoms. The van der Waals surface area contributed by atoms with Crippen LogP contribution in [0, 0.1) is 0 Å². The third-order valence-electron chi connectivity index (χ3n) is 7.62. The first-order valence-electron chi connectivity index (χ1n) is 14.6. The topological polar surface area (TPSA) is 84.5 Å². The Morgan fingerprint density at radius 3 is 1.32 bits per heavy atom. The van der Waals surface area contributed by atoms with E-state index in [9.17, 15) is 14.4 Å². The van der Waals surface area contributed by atoms with E-state index in [0.717, 1.165) is 27.8 Å². The fourth-order valence-electron chi connectivity index (χ4n) is 5.47. The molecule has 0 aromatic heterocycles. The SMILES string of the molecule is O=C(CNC(=O)C(c1ccccc1)(c1ccccc1)c1ccccc1)NCC(=O)OCC(c1ccccc1)c1ccccc1. The Morgan fingerprint density at radius 1 is 0.523 bits per heavy atom. The highest BCUT2D eigenvalue weighted by Crippen LogP contribution is 2.39. The van der Waals surface area contributed by atoms with Crippen LogP contribution in [-0.4, -0.2) is 37.5 Å². The van der Waals surface area contributed by atoms with Crippen LogP contribution in [0.4, 0.5) is 0 Å². The van der Waals surface area contributed by atoms with Gasteiger partial charge >= 0.3 is 5.97 Å². The first kappa shape index (κ1) is 30.0. The van der Waals surface area contributed by atoms with Crippen LogP contribution in [0.5, 0.6) is 0 Å². The highest BCUT2D eigenvalue weighted by molar-refractivity contribution is 5.98. The van der Waals surface area contributed by atoms with Crippen LogP contribution in [0.3, 0.4) is 0 Å². The molecule has 5 aromatic rings. The summed E-state index contributed by atoms with van der Waals surface area (Å²) in [6.07, 6.45) is 0. The molecule has 0 aliphatic carbocycles. The van der Waals surface area contributed by atoms with E-state index in [1.54, 1.807) is 0 Å². The van der Waals surface area contributed by atoms with Crippen molar-refractivity contribution in [2.24, 2.45) is 0 Å². The number of nitrogens with one attached hydrogen (secondary N) is 2. The molecule has 0 fully saturated rings. The molecule has 0 saturated carbocycles. The van der Waals surface area contributed by atoms with Gasteiger partial charge in [0, 0.05) is 5.92 Å². The van der Waals surface area contributed by atoms with Crippen molar-refractivity contribution in [1.29, 1.82) is 0 Å². The molecule has 0 saturated heterocycles. The minimum Gasteiger partial charge on any atom is -0.463 e. The van der Waals surface area contributed by atoms with Crippen LogP contribution in [0.25, 0.3) is 0 Å². The zero-order valence-electron chi connectivity index (χ0n) is 24.3. The summed E-state index contributed by atoms with van der Waals surface area (Å²) < 4.78 is 5.58. The average Bonchev–Trinajstić information content (AvgIpc) is 3.09. The predicted molar refractivity (Wildman–Crippen MR) is 171 cm³/mol. The maximum atomic E-state index is 14.2. The summed E-state index contributed by atoms with van der Waals surface area (Å²) in [6.45, 7) is -0.490. The minimum absolute atomic E-state index is 0.132. The fourth-order valence-corrected chi connectivity index (χ4v) is 5.47. The van der Waals surface area contributed by atoms with Gasteiger partial charge in [0.05, 0.1) is 6.54 Å². The van der Waals surface area contributed by atoms with Gasteiger partial charge < -0.3 is 15.4 Å². The molecule has 0 aliphatic heterocycles. The molecule has 2 N–H and O–H groups in total. The quantitative estimate of drug-likeness (QED) is 0.148. The molecule has 220 valence electrons. The van der Waals surface area contributed by atoms with E-state index in [2.05, 4.69) is 10.6 Å². The average molecular weight is 583 g/mol. The standard InChI is InChI=1S/C38H34N2O4/c41-35(39-27-36(42)44-28-34(29-16-6-1-7-17-29)30-18-8-2-9-19-30)26-40-37(43)38(31-20-10-3-11-21-31,32-22-12-4-13-23-32)33-24-14-5-15-25-33/h1-25,34H,26-28H2,(H,39,41)(H,40,43). The molecule has 0 radical (unpaired) electrons. The monoisotopic (exact) mass is 582 g/mol. The lowest BCUT2D eigenvalue weighted by Crippen LogP contribution is -2.49. The summed E-state index contributed by atoms with van der Waals surface area (Å²) in [6, 6.07) is 48.2. The van der Waals surface area contributed by atoms with Crippen LogP contribution in [-0.2, 0) is 24.5 Å². The second kappa shape index (κ2) is 14.6. The molecule has 0 spiro atoms. The largest absolute Gasteiger partial charge is 0.463 e. The summed E-state index contributed by atoms with van der Waals surface area (Å²) in [7, 11) is 0. The fraction of sp³-hybridized carbons (Fsp3) is 0.132. The number of amides is 2. The number of hydrogen-bond donors (Lipinski definition) is 2. The lowest BCUT2D eigenvalue weighted by Gasteiger charge is -2.34. The third-order valence-corrected chi connectivity index (χ3v) is 7.62. The van der Waals surface area contributed by atoms with E-state index in [0.29, 0.717) is 0 Å². The Bertz CT molecular complexity index is 1510. The van der Waals surface area contributed by atoms with Gasteiger partial charge in [0.2, 0.25) is 11.8 Å². The maximum Gasteiger partial charge on any atom is 0.325 e. The smallest absolute Gasteiger partial charge is 0.325 e. The summed E-state index contributed by atoms with van der Waals surface area (Å²) in [4.78, 5) is 39.7. The summed E-state index contributed by atoms with van der Waals surface area (Å²) in [5, 5.41) is 5.42. The van der Waals surface area contributed by atoms with Crippen molar-refractivity contribution in [3.05, 3.63) is 179 Å². The van der Waals surface area contributed by atoms with Gasteiger partial charge in [-0.1, -0.05) is 152 Å². The van der Waals surface area contributed by atoms with Gasteiger partial charge in [0.25, 0.3) is 0 Å². The normalized spacial score (nSPS) is 11.0. The van der Waals surface area contributed by atoms with Crippen molar-refractivity contribution in [3.63, 3.8) is 0 Å². The molecule has 5 rings (SSSR count).